The summed E-state index contributed by atoms with van der Waals surface area (Å²) in [7, 11) is 0. The zero-order chi connectivity index (χ0) is 12.3. The quantitative estimate of drug-likeness (QED) is 0.756. The summed E-state index contributed by atoms with van der Waals surface area (Å²) in [6.45, 7) is 3.39. The van der Waals surface area contributed by atoms with Crippen molar-refractivity contribution < 1.29 is 18.0 Å². The van der Waals surface area contributed by atoms with Crippen LogP contribution in [-0.4, -0.2) is 12.1 Å². The van der Waals surface area contributed by atoms with E-state index in [-0.39, 0.29) is 6.04 Å². The van der Waals surface area contributed by atoms with E-state index in [2.05, 4.69) is 5.32 Å². The molecule has 0 fully saturated rings. The van der Waals surface area contributed by atoms with E-state index in [0.29, 0.717) is 12.1 Å². The van der Waals surface area contributed by atoms with Gasteiger partial charge in [-0.2, -0.15) is 0 Å². The van der Waals surface area contributed by atoms with Crippen molar-refractivity contribution in [3.8, 4) is 0 Å². The van der Waals surface area contributed by atoms with E-state index in [0.717, 1.165) is 0 Å². The third kappa shape index (κ3) is 3.15. The molecule has 0 bridgehead atoms. The van der Waals surface area contributed by atoms with Gasteiger partial charge in [0.2, 0.25) is 0 Å². The van der Waals surface area contributed by atoms with Crippen LogP contribution in [0, 0.1) is 17.5 Å². The fourth-order valence-electron chi connectivity index (χ4n) is 1.07. The lowest BCUT2D eigenvalue weighted by Gasteiger charge is -2.10. The highest BCUT2D eigenvalue weighted by molar-refractivity contribution is 5.89. The molecule has 0 radical (unpaired) electrons. The maximum absolute atomic E-state index is 13.1. The predicted octanol–water partition coefficient (Wildman–Crippen LogP) is 2.63. The first-order valence-electron chi connectivity index (χ1n) is 4.62. The van der Waals surface area contributed by atoms with Gasteiger partial charge < -0.3 is 10.6 Å². The Morgan fingerprint density at radius 3 is 2.44 bits per heavy atom. The smallest absolute Gasteiger partial charge is 0.319 e. The van der Waals surface area contributed by atoms with Crippen molar-refractivity contribution in [2.24, 2.45) is 0 Å². The number of benzene rings is 1. The Hall–Kier alpha value is -1.72. The summed E-state index contributed by atoms with van der Waals surface area (Å²) in [5.74, 6) is -3.60. The Morgan fingerprint density at radius 1 is 1.25 bits per heavy atom. The number of nitrogens with one attached hydrogen (secondary N) is 2. The number of amides is 2. The first-order chi connectivity index (χ1) is 7.40. The van der Waals surface area contributed by atoms with Crippen LogP contribution >= 0.6 is 0 Å². The summed E-state index contributed by atoms with van der Waals surface area (Å²) < 4.78 is 38.6. The molecule has 0 aliphatic carbocycles. The second-order valence-corrected chi connectivity index (χ2v) is 3.50. The van der Waals surface area contributed by atoms with Crippen molar-refractivity contribution in [3.63, 3.8) is 0 Å². The molecule has 2 N–H and O–H groups in total. The molecule has 3 nitrogen and oxygen atoms in total. The van der Waals surface area contributed by atoms with Gasteiger partial charge in [-0.25, -0.2) is 18.0 Å². The standard InChI is InChI=1S/C10H11F3N2O/c1-5(2)14-10(16)15-8-4-6(11)3-7(12)9(8)13/h3-5H,1-2H3,(H2,14,15,16). The minimum absolute atomic E-state index is 0.165. The van der Waals surface area contributed by atoms with Crippen LogP contribution in [0.15, 0.2) is 12.1 Å². The average molecular weight is 232 g/mol. The second kappa shape index (κ2) is 4.87. The van der Waals surface area contributed by atoms with Crippen molar-refractivity contribution in [2.75, 3.05) is 5.32 Å². The van der Waals surface area contributed by atoms with Gasteiger partial charge in [-0.1, -0.05) is 0 Å². The van der Waals surface area contributed by atoms with Crippen molar-refractivity contribution in [1.82, 2.24) is 5.32 Å². The molecule has 0 aromatic heterocycles. The van der Waals surface area contributed by atoms with Crippen molar-refractivity contribution >= 4 is 11.7 Å². The number of rotatable bonds is 2. The largest absolute Gasteiger partial charge is 0.336 e. The first kappa shape index (κ1) is 12.4. The SMILES string of the molecule is CC(C)NC(=O)Nc1cc(F)cc(F)c1F. The van der Waals surface area contributed by atoms with Gasteiger partial charge in [-0.05, 0) is 13.8 Å². The van der Waals surface area contributed by atoms with Crippen LogP contribution in [0.5, 0.6) is 0 Å². The van der Waals surface area contributed by atoms with Crippen LogP contribution < -0.4 is 10.6 Å². The third-order valence-corrected chi connectivity index (χ3v) is 1.66. The van der Waals surface area contributed by atoms with Gasteiger partial charge in [0.05, 0.1) is 5.69 Å². The molecule has 0 atom stereocenters. The summed E-state index contributed by atoms with van der Waals surface area (Å²) >= 11 is 0. The highest BCUT2D eigenvalue weighted by atomic mass is 19.2. The molecule has 1 rings (SSSR count). The third-order valence-electron chi connectivity index (χ3n) is 1.66. The molecule has 1 aromatic carbocycles. The number of carbonyl (C=O) groups is 1. The van der Waals surface area contributed by atoms with E-state index in [9.17, 15) is 18.0 Å². The maximum atomic E-state index is 13.1. The van der Waals surface area contributed by atoms with Crippen LogP contribution in [0.1, 0.15) is 13.8 Å². The first-order valence-corrected chi connectivity index (χ1v) is 4.62. The fraction of sp³-hybridized carbons (Fsp3) is 0.300. The Morgan fingerprint density at radius 2 is 1.88 bits per heavy atom. The van der Waals surface area contributed by atoms with E-state index in [4.69, 9.17) is 0 Å². The van der Waals surface area contributed by atoms with Crippen LogP contribution in [0.25, 0.3) is 0 Å². The fourth-order valence-corrected chi connectivity index (χ4v) is 1.07. The number of urea groups is 1. The Labute approximate surface area is 90.6 Å². The highest BCUT2D eigenvalue weighted by Gasteiger charge is 2.13. The minimum Gasteiger partial charge on any atom is -0.336 e. The molecule has 0 saturated carbocycles. The molecule has 0 aliphatic rings. The van der Waals surface area contributed by atoms with Gasteiger partial charge in [0, 0.05) is 18.2 Å². The monoisotopic (exact) mass is 232 g/mol. The predicted molar refractivity (Wildman–Crippen MR) is 53.6 cm³/mol. The summed E-state index contributed by atoms with van der Waals surface area (Å²) in [6.07, 6.45) is 0. The Bertz CT molecular complexity index is 407. The van der Waals surface area contributed by atoms with Crippen molar-refractivity contribution in [2.45, 2.75) is 19.9 Å². The summed E-state index contributed by atoms with van der Waals surface area (Å²) in [5, 5.41) is 4.41. The van der Waals surface area contributed by atoms with Crippen LogP contribution in [-0.2, 0) is 0 Å². The summed E-state index contributed by atoms with van der Waals surface area (Å²) in [4.78, 5) is 11.2. The van der Waals surface area contributed by atoms with Crippen LogP contribution in [0.2, 0.25) is 0 Å². The Kier molecular flexibility index (Phi) is 3.76. The van der Waals surface area contributed by atoms with E-state index in [1.54, 1.807) is 13.8 Å². The van der Waals surface area contributed by atoms with Gasteiger partial charge in [0.15, 0.2) is 11.6 Å². The van der Waals surface area contributed by atoms with E-state index < -0.39 is 29.2 Å². The lowest BCUT2D eigenvalue weighted by molar-refractivity contribution is 0.250. The molecular formula is C10H11F3N2O. The number of hydrogen-bond donors (Lipinski definition) is 2. The zero-order valence-corrected chi connectivity index (χ0v) is 8.77. The van der Waals surface area contributed by atoms with E-state index in [1.807, 2.05) is 5.32 Å². The van der Waals surface area contributed by atoms with Gasteiger partial charge >= 0.3 is 6.03 Å². The number of anilines is 1. The molecular weight excluding hydrogens is 221 g/mol. The molecule has 1 aromatic rings. The number of halogens is 3. The van der Waals surface area contributed by atoms with Crippen LogP contribution in [0.4, 0.5) is 23.7 Å². The van der Waals surface area contributed by atoms with Crippen molar-refractivity contribution in [3.05, 3.63) is 29.6 Å². The lowest BCUT2D eigenvalue weighted by Crippen LogP contribution is -2.34. The molecule has 88 valence electrons. The molecule has 0 aliphatic heterocycles. The maximum Gasteiger partial charge on any atom is 0.319 e. The minimum atomic E-state index is -1.35. The zero-order valence-electron chi connectivity index (χ0n) is 8.77. The highest BCUT2D eigenvalue weighted by Crippen LogP contribution is 2.18. The number of carbonyl (C=O) groups excluding carboxylic acids is 1. The molecule has 16 heavy (non-hydrogen) atoms. The molecule has 2 amide bonds. The summed E-state index contributed by atoms with van der Waals surface area (Å²) in [5.41, 5.74) is -0.532. The molecule has 0 heterocycles. The molecule has 6 heteroatoms. The second-order valence-electron chi connectivity index (χ2n) is 3.50. The Balaban J connectivity index is 2.85. The topological polar surface area (TPSA) is 41.1 Å². The van der Waals surface area contributed by atoms with Crippen molar-refractivity contribution in [1.29, 1.82) is 0 Å². The molecule has 0 saturated heterocycles. The van der Waals surface area contributed by atoms with E-state index in [1.165, 1.54) is 0 Å². The van der Waals surface area contributed by atoms with E-state index >= 15 is 0 Å². The lowest BCUT2D eigenvalue weighted by atomic mass is 10.3. The molecule has 0 unspecified atom stereocenters. The average Bonchev–Trinajstić information content (AvgIpc) is 2.11. The number of hydrogen-bond acceptors (Lipinski definition) is 1. The van der Waals surface area contributed by atoms with Gasteiger partial charge in [-0.15, -0.1) is 0 Å². The molecule has 0 spiro atoms. The van der Waals surface area contributed by atoms with Gasteiger partial charge in [-0.3, -0.25) is 0 Å². The summed E-state index contributed by atoms with van der Waals surface area (Å²) in [6, 6.07) is 0.222. The van der Waals surface area contributed by atoms with Crippen LogP contribution in [0.3, 0.4) is 0 Å². The van der Waals surface area contributed by atoms with Gasteiger partial charge in [0.25, 0.3) is 0 Å². The normalized spacial score (nSPS) is 10.4. The van der Waals surface area contributed by atoms with Gasteiger partial charge in [0.1, 0.15) is 5.82 Å².